The normalized spacial score (nSPS) is 20.1. The number of hydrogen-bond acceptors (Lipinski definition) is 5. The fourth-order valence-electron chi connectivity index (χ4n) is 3.16. The number of piperidine rings is 1. The first kappa shape index (κ1) is 19.1. The lowest BCUT2D eigenvalue weighted by molar-refractivity contribution is -0.157. The van der Waals surface area contributed by atoms with Crippen LogP contribution in [0, 0.1) is 11.6 Å². The van der Waals surface area contributed by atoms with E-state index >= 15 is 0 Å². The molecule has 3 rings (SSSR count). The Bertz CT molecular complexity index is 889. The minimum atomic E-state index is -1.65. The van der Waals surface area contributed by atoms with Crippen molar-refractivity contribution in [2.24, 2.45) is 0 Å². The first-order chi connectivity index (χ1) is 12.9. The fraction of sp³-hybridized carbons (Fsp3) is 0.389. The van der Waals surface area contributed by atoms with Gasteiger partial charge in [-0.25, -0.2) is 13.8 Å². The van der Waals surface area contributed by atoms with Crippen LogP contribution >= 0.6 is 0 Å². The third-order valence-electron chi connectivity index (χ3n) is 4.55. The van der Waals surface area contributed by atoms with Crippen molar-refractivity contribution in [3.8, 4) is 0 Å². The van der Waals surface area contributed by atoms with Gasteiger partial charge in [0.1, 0.15) is 0 Å². The molecule has 1 fully saturated rings. The highest BCUT2D eigenvalue weighted by Gasteiger charge is 2.42. The van der Waals surface area contributed by atoms with Gasteiger partial charge in [0.05, 0.1) is 12.0 Å². The lowest BCUT2D eigenvalue weighted by atomic mass is 9.91. The Morgan fingerprint density at radius 3 is 2.93 bits per heavy atom. The van der Waals surface area contributed by atoms with Gasteiger partial charge in [-0.2, -0.15) is 0 Å². The summed E-state index contributed by atoms with van der Waals surface area (Å²) in [6, 6.07) is 5.12. The molecule has 1 aromatic heterocycles. The molecule has 1 saturated heterocycles. The molecule has 0 bridgehead atoms. The molecule has 2 aromatic rings. The van der Waals surface area contributed by atoms with Crippen molar-refractivity contribution in [3.05, 3.63) is 63.8 Å². The summed E-state index contributed by atoms with van der Waals surface area (Å²) in [6.07, 6.45) is 2.06. The number of carbonyl (C=O) groups is 1. The van der Waals surface area contributed by atoms with E-state index in [9.17, 15) is 23.5 Å². The van der Waals surface area contributed by atoms with Crippen LogP contribution in [0.25, 0.3) is 0 Å². The molecule has 144 valence electrons. The van der Waals surface area contributed by atoms with Gasteiger partial charge in [0.15, 0.2) is 17.2 Å². The highest BCUT2D eigenvalue weighted by Crippen LogP contribution is 2.25. The molecule has 0 unspecified atom stereocenters. The number of amides is 1. The molecular weight excluding hydrogens is 358 g/mol. The van der Waals surface area contributed by atoms with Crippen LogP contribution in [-0.4, -0.2) is 44.6 Å². The van der Waals surface area contributed by atoms with Crippen molar-refractivity contribution in [1.29, 1.82) is 0 Å². The van der Waals surface area contributed by atoms with E-state index in [1.807, 2.05) is 0 Å². The minimum Gasteiger partial charge on any atom is -0.379 e. The fourth-order valence-corrected chi connectivity index (χ4v) is 3.16. The Morgan fingerprint density at radius 1 is 1.33 bits per heavy atom. The lowest BCUT2D eigenvalue weighted by Gasteiger charge is -2.38. The Labute approximate surface area is 154 Å². The van der Waals surface area contributed by atoms with Crippen molar-refractivity contribution >= 4 is 5.91 Å². The number of nitrogens with one attached hydrogen (secondary N) is 2. The number of rotatable bonds is 6. The maximum atomic E-state index is 13.9. The van der Waals surface area contributed by atoms with Gasteiger partial charge >= 0.3 is 0 Å². The summed E-state index contributed by atoms with van der Waals surface area (Å²) in [5.74, 6) is -2.50. The van der Waals surface area contributed by atoms with E-state index in [1.54, 1.807) is 0 Å². The SMILES string of the molecule is O=C1N(Cc2cccc(F)c2F)CCC[C@@]1(O)CNCc1cc(=O)[nH]cn1. The van der Waals surface area contributed by atoms with E-state index < -0.39 is 23.1 Å². The second kappa shape index (κ2) is 7.93. The predicted octanol–water partition coefficient (Wildman–Crippen LogP) is 0.691. The summed E-state index contributed by atoms with van der Waals surface area (Å²) in [5.41, 5.74) is -1.40. The van der Waals surface area contributed by atoms with Crippen molar-refractivity contribution in [2.75, 3.05) is 13.1 Å². The van der Waals surface area contributed by atoms with Gasteiger partial charge in [-0.3, -0.25) is 9.59 Å². The zero-order valence-corrected chi connectivity index (χ0v) is 14.5. The van der Waals surface area contributed by atoms with Gasteiger partial charge in [0.25, 0.3) is 11.5 Å². The summed E-state index contributed by atoms with van der Waals surface area (Å²) >= 11 is 0. The monoisotopic (exact) mass is 378 g/mol. The summed E-state index contributed by atoms with van der Waals surface area (Å²) in [6.45, 7) is 0.410. The molecule has 1 aromatic carbocycles. The van der Waals surface area contributed by atoms with Crippen LogP contribution in [0.15, 0.2) is 35.4 Å². The topological polar surface area (TPSA) is 98.3 Å². The molecule has 27 heavy (non-hydrogen) atoms. The molecule has 7 nitrogen and oxygen atoms in total. The molecule has 0 aliphatic carbocycles. The molecule has 0 spiro atoms. The average molecular weight is 378 g/mol. The zero-order valence-electron chi connectivity index (χ0n) is 14.5. The van der Waals surface area contributed by atoms with Crippen LogP contribution in [0.1, 0.15) is 24.1 Å². The number of aromatic amines is 1. The smallest absolute Gasteiger partial charge is 0.256 e. The quantitative estimate of drug-likeness (QED) is 0.687. The highest BCUT2D eigenvalue weighted by atomic mass is 19.2. The van der Waals surface area contributed by atoms with Gasteiger partial charge < -0.3 is 20.3 Å². The van der Waals surface area contributed by atoms with E-state index in [1.165, 1.54) is 29.4 Å². The summed E-state index contributed by atoms with van der Waals surface area (Å²) in [4.78, 5) is 31.7. The van der Waals surface area contributed by atoms with Gasteiger partial charge in [0, 0.05) is 37.8 Å². The Hall–Kier alpha value is -2.65. The first-order valence-electron chi connectivity index (χ1n) is 8.58. The van der Waals surface area contributed by atoms with E-state index in [0.29, 0.717) is 18.7 Å². The molecular formula is C18H20F2N4O3. The van der Waals surface area contributed by atoms with Crippen LogP contribution in [0.5, 0.6) is 0 Å². The largest absolute Gasteiger partial charge is 0.379 e. The molecule has 3 N–H and O–H groups in total. The standard InChI is InChI=1S/C18H20F2N4O3/c19-14-4-1-3-12(16(14)20)9-24-6-2-5-18(27,17(24)26)10-21-8-13-7-15(25)23-11-22-13/h1,3-4,7,11,21,27H,2,5-6,8-10H2,(H,22,23,25)/t18-/m1/s1. The number of aromatic nitrogens is 2. The average Bonchev–Trinajstić information content (AvgIpc) is 2.63. The van der Waals surface area contributed by atoms with Crippen molar-refractivity contribution < 1.29 is 18.7 Å². The number of likely N-dealkylation sites (tertiary alicyclic amines) is 1. The number of aliphatic hydroxyl groups is 1. The first-order valence-corrected chi connectivity index (χ1v) is 8.58. The summed E-state index contributed by atoms with van der Waals surface area (Å²) in [5, 5.41) is 13.7. The van der Waals surface area contributed by atoms with Crippen LogP contribution in [-0.2, 0) is 17.9 Å². The maximum absolute atomic E-state index is 13.9. The van der Waals surface area contributed by atoms with Crippen LogP contribution < -0.4 is 10.9 Å². The molecule has 0 saturated carbocycles. The summed E-state index contributed by atoms with van der Waals surface area (Å²) in [7, 11) is 0. The molecule has 0 radical (unpaired) electrons. The number of benzene rings is 1. The molecule has 2 heterocycles. The third kappa shape index (κ3) is 4.37. The second-order valence-electron chi connectivity index (χ2n) is 6.58. The number of nitrogens with zero attached hydrogens (tertiary/aromatic N) is 2. The molecule has 9 heteroatoms. The number of halogens is 2. The molecule has 1 atom stereocenters. The van der Waals surface area contributed by atoms with E-state index in [2.05, 4.69) is 15.3 Å². The Morgan fingerprint density at radius 2 is 2.15 bits per heavy atom. The Kier molecular flexibility index (Phi) is 5.62. The number of H-pyrrole nitrogens is 1. The van der Waals surface area contributed by atoms with Crippen molar-refractivity contribution in [2.45, 2.75) is 31.5 Å². The van der Waals surface area contributed by atoms with Gasteiger partial charge in [-0.1, -0.05) is 12.1 Å². The van der Waals surface area contributed by atoms with Gasteiger partial charge in [-0.05, 0) is 18.9 Å². The predicted molar refractivity (Wildman–Crippen MR) is 92.5 cm³/mol. The van der Waals surface area contributed by atoms with Gasteiger partial charge in [0.2, 0.25) is 0 Å². The van der Waals surface area contributed by atoms with Crippen LogP contribution in [0.2, 0.25) is 0 Å². The van der Waals surface area contributed by atoms with Crippen LogP contribution in [0.3, 0.4) is 0 Å². The molecule has 1 amide bonds. The van der Waals surface area contributed by atoms with Gasteiger partial charge in [-0.15, -0.1) is 0 Å². The third-order valence-corrected chi connectivity index (χ3v) is 4.55. The van der Waals surface area contributed by atoms with Crippen molar-refractivity contribution in [3.63, 3.8) is 0 Å². The maximum Gasteiger partial charge on any atom is 0.256 e. The minimum absolute atomic E-state index is 0.0392. The molecule has 1 aliphatic rings. The second-order valence-corrected chi connectivity index (χ2v) is 6.58. The number of carbonyl (C=O) groups excluding carboxylic acids is 1. The van der Waals surface area contributed by atoms with Crippen LogP contribution in [0.4, 0.5) is 8.78 Å². The Balaban J connectivity index is 1.64. The van der Waals surface area contributed by atoms with Crippen molar-refractivity contribution in [1.82, 2.24) is 20.2 Å². The lowest BCUT2D eigenvalue weighted by Crippen LogP contribution is -2.57. The zero-order chi connectivity index (χ0) is 19.4. The molecule has 1 aliphatic heterocycles. The van der Waals surface area contributed by atoms with E-state index in [0.717, 1.165) is 6.07 Å². The number of hydrogen-bond donors (Lipinski definition) is 3. The summed E-state index contributed by atoms with van der Waals surface area (Å²) < 4.78 is 27.2. The van der Waals surface area contributed by atoms with E-state index in [4.69, 9.17) is 0 Å². The highest BCUT2D eigenvalue weighted by molar-refractivity contribution is 5.86. The van der Waals surface area contributed by atoms with E-state index in [-0.39, 0.29) is 37.2 Å².